The third kappa shape index (κ3) is 4.85. The van der Waals surface area contributed by atoms with Gasteiger partial charge in [-0.15, -0.1) is 0 Å². The number of hydrogen-bond donors (Lipinski definition) is 0. The number of fused-ring (bicyclic) bond motifs is 1. The first-order valence-electron chi connectivity index (χ1n) is 10.8. The normalized spacial score (nSPS) is 15.4. The summed E-state index contributed by atoms with van der Waals surface area (Å²) in [6.45, 7) is 7.67. The minimum absolute atomic E-state index is 0.0157. The van der Waals surface area contributed by atoms with Crippen molar-refractivity contribution in [3.63, 3.8) is 0 Å². The third-order valence-electron chi connectivity index (χ3n) is 5.36. The van der Waals surface area contributed by atoms with Crippen LogP contribution in [0.5, 0.6) is 5.75 Å². The van der Waals surface area contributed by atoms with Crippen molar-refractivity contribution in [3.8, 4) is 5.75 Å². The van der Waals surface area contributed by atoms with E-state index in [1.54, 1.807) is 37.3 Å². The molecule has 4 rings (SSSR count). The maximum absolute atomic E-state index is 14.4. The van der Waals surface area contributed by atoms with Crippen LogP contribution >= 0.6 is 22.9 Å². The molecule has 180 valence electrons. The van der Waals surface area contributed by atoms with Crippen molar-refractivity contribution >= 4 is 35.0 Å². The van der Waals surface area contributed by atoms with E-state index in [1.807, 2.05) is 6.92 Å². The summed E-state index contributed by atoms with van der Waals surface area (Å²) in [7, 11) is 0. The average Bonchev–Trinajstić information content (AvgIpc) is 3.14. The van der Waals surface area contributed by atoms with Gasteiger partial charge in [0.25, 0.3) is 5.56 Å². The van der Waals surface area contributed by atoms with E-state index in [1.165, 1.54) is 28.9 Å². The lowest BCUT2D eigenvalue weighted by Gasteiger charge is -2.24. The van der Waals surface area contributed by atoms with Gasteiger partial charge in [-0.1, -0.05) is 53.8 Å². The van der Waals surface area contributed by atoms with Gasteiger partial charge in [0.05, 0.1) is 33.5 Å². The van der Waals surface area contributed by atoms with Crippen molar-refractivity contribution in [1.29, 1.82) is 0 Å². The lowest BCUT2D eigenvalue weighted by molar-refractivity contribution is -0.138. The highest BCUT2D eigenvalue weighted by Gasteiger charge is 2.33. The van der Waals surface area contributed by atoms with Gasteiger partial charge in [-0.25, -0.2) is 14.2 Å². The van der Waals surface area contributed by atoms with Crippen LogP contribution in [0.4, 0.5) is 4.39 Å². The highest BCUT2D eigenvalue weighted by molar-refractivity contribution is 7.07. The van der Waals surface area contributed by atoms with Gasteiger partial charge in [0, 0.05) is 5.56 Å². The summed E-state index contributed by atoms with van der Waals surface area (Å²) in [5.41, 5.74) is 1.02. The molecule has 0 spiro atoms. The number of ether oxygens (including phenoxy) is 2. The minimum Gasteiger partial charge on any atom is -0.494 e. The van der Waals surface area contributed by atoms with Crippen molar-refractivity contribution in [2.45, 2.75) is 19.9 Å². The van der Waals surface area contributed by atoms with E-state index >= 15 is 0 Å². The summed E-state index contributed by atoms with van der Waals surface area (Å²) < 4.78 is 26.9. The second-order valence-electron chi connectivity index (χ2n) is 7.61. The van der Waals surface area contributed by atoms with Gasteiger partial charge in [-0.2, -0.15) is 0 Å². The molecule has 2 aromatic carbocycles. The van der Waals surface area contributed by atoms with Gasteiger partial charge in [0.2, 0.25) is 0 Å². The van der Waals surface area contributed by atoms with E-state index in [-0.39, 0.29) is 27.3 Å². The number of rotatable bonds is 7. The Morgan fingerprint density at radius 2 is 2.03 bits per heavy atom. The number of allylic oxidation sites excluding steroid dienone is 1. The van der Waals surface area contributed by atoms with Crippen LogP contribution in [0.2, 0.25) is 5.02 Å². The lowest BCUT2D eigenvalue weighted by Crippen LogP contribution is -2.40. The van der Waals surface area contributed by atoms with Crippen LogP contribution in [0.15, 0.2) is 76.2 Å². The fraction of sp³-hybridized carbons (Fsp3) is 0.192. The largest absolute Gasteiger partial charge is 0.494 e. The number of esters is 1. The molecule has 1 aliphatic rings. The molecule has 1 aliphatic heterocycles. The first kappa shape index (κ1) is 24.6. The molecule has 0 bridgehead atoms. The van der Waals surface area contributed by atoms with Gasteiger partial charge >= 0.3 is 5.97 Å². The Labute approximate surface area is 209 Å². The summed E-state index contributed by atoms with van der Waals surface area (Å²) in [5, 5.41) is 0.184. The lowest BCUT2D eigenvalue weighted by atomic mass is 9.96. The standard InChI is InChI=1S/C26H22ClFN2O4S/c1-4-13-34-25(32)22-15(3)29-26-30(23(22)16-9-11-17(12-10-16)33-5-2)24(31)21(35-26)14-18-19(27)7-6-8-20(18)28/h4,6-12,14,23H,1,5,13H2,2-3H3. The summed E-state index contributed by atoms with van der Waals surface area (Å²) in [5.74, 6) is -0.484. The van der Waals surface area contributed by atoms with E-state index in [2.05, 4.69) is 11.6 Å². The molecule has 0 saturated heterocycles. The summed E-state index contributed by atoms with van der Waals surface area (Å²) in [6.07, 6.45) is 2.87. The molecule has 1 atom stereocenters. The average molecular weight is 513 g/mol. The predicted molar refractivity (Wildman–Crippen MR) is 134 cm³/mol. The number of halogens is 2. The van der Waals surface area contributed by atoms with Crippen LogP contribution in [-0.2, 0) is 9.53 Å². The summed E-state index contributed by atoms with van der Waals surface area (Å²) >= 11 is 7.27. The fourth-order valence-corrected chi connectivity index (χ4v) is 5.05. The molecule has 1 unspecified atom stereocenters. The third-order valence-corrected chi connectivity index (χ3v) is 6.67. The second-order valence-corrected chi connectivity index (χ2v) is 9.02. The molecule has 0 radical (unpaired) electrons. The Morgan fingerprint density at radius 1 is 1.29 bits per heavy atom. The monoisotopic (exact) mass is 512 g/mol. The molecule has 2 heterocycles. The Morgan fingerprint density at radius 3 is 2.69 bits per heavy atom. The number of hydrogen-bond acceptors (Lipinski definition) is 6. The Bertz CT molecular complexity index is 1490. The fourth-order valence-electron chi connectivity index (χ4n) is 3.80. The molecule has 0 saturated carbocycles. The van der Waals surface area contributed by atoms with Gasteiger partial charge in [0.15, 0.2) is 4.80 Å². The maximum atomic E-state index is 14.4. The highest BCUT2D eigenvalue weighted by atomic mass is 35.5. The zero-order valence-corrected chi connectivity index (χ0v) is 20.7. The molecule has 9 heteroatoms. The molecule has 0 aliphatic carbocycles. The SMILES string of the molecule is C=CCOC(=O)C1=C(C)N=c2sc(=Cc3c(F)cccc3Cl)c(=O)n2C1c1ccc(OCC)cc1. The van der Waals surface area contributed by atoms with Crippen molar-refractivity contribution in [2.75, 3.05) is 13.2 Å². The van der Waals surface area contributed by atoms with Crippen LogP contribution in [-0.4, -0.2) is 23.8 Å². The highest BCUT2D eigenvalue weighted by Crippen LogP contribution is 2.31. The summed E-state index contributed by atoms with van der Waals surface area (Å²) in [4.78, 5) is 31.5. The second kappa shape index (κ2) is 10.4. The van der Waals surface area contributed by atoms with Crippen LogP contribution in [0.3, 0.4) is 0 Å². The smallest absolute Gasteiger partial charge is 0.338 e. The van der Waals surface area contributed by atoms with Gasteiger partial charge < -0.3 is 9.47 Å². The number of nitrogens with zero attached hydrogens (tertiary/aromatic N) is 2. The Balaban J connectivity index is 1.93. The van der Waals surface area contributed by atoms with E-state index in [9.17, 15) is 14.0 Å². The van der Waals surface area contributed by atoms with E-state index in [4.69, 9.17) is 21.1 Å². The first-order chi connectivity index (χ1) is 16.8. The minimum atomic E-state index is -0.794. The molecule has 6 nitrogen and oxygen atoms in total. The Kier molecular flexibility index (Phi) is 7.33. The number of thiazole rings is 1. The van der Waals surface area contributed by atoms with E-state index in [0.717, 1.165) is 11.3 Å². The zero-order chi connectivity index (χ0) is 25.1. The number of carbonyl (C=O) groups is 1. The number of carbonyl (C=O) groups excluding carboxylic acids is 1. The van der Waals surface area contributed by atoms with Crippen molar-refractivity contribution in [3.05, 3.63) is 108 Å². The van der Waals surface area contributed by atoms with Crippen LogP contribution in [0.25, 0.3) is 6.08 Å². The Hall–Kier alpha value is -3.49. The van der Waals surface area contributed by atoms with Crippen molar-refractivity contribution in [1.82, 2.24) is 4.57 Å². The van der Waals surface area contributed by atoms with Crippen LogP contribution < -0.4 is 19.6 Å². The first-order valence-corrected chi connectivity index (χ1v) is 12.0. The topological polar surface area (TPSA) is 69.9 Å². The van der Waals surface area contributed by atoms with Crippen LogP contribution in [0, 0.1) is 5.82 Å². The van der Waals surface area contributed by atoms with Gasteiger partial charge in [-0.3, -0.25) is 9.36 Å². The molecule has 35 heavy (non-hydrogen) atoms. The predicted octanol–water partition coefficient (Wildman–Crippen LogP) is 4.16. The molecular weight excluding hydrogens is 491 g/mol. The molecule has 0 amide bonds. The maximum Gasteiger partial charge on any atom is 0.338 e. The van der Waals surface area contributed by atoms with E-state index in [0.29, 0.717) is 28.4 Å². The molecule has 1 aromatic heterocycles. The van der Waals surface area contributed by atoms with Crippen LogP contribution in [0.1, 0.15) is 31.0 Å². The van der Waals surface area contributed by atoms with Crippen molar-refractivity contribution in [2.24, 2.45) is 4.99 Å². The molecule has 0 N–H and O–H groups in total. The number of aromatic nitrogens is 1. The van der Waals surface area contributed by atoms with Crippen molar-refractivity contribution < 1.29 is 18.7 Å². The zero-order valence-electron chi connectivity index (χ0n) is 19.1. The molecular formula is C26H22ClFN2O4S. The van der Waals surface area contributed by atoms with Gasteiger partial charge in [-0.05, 0) is 49.8 Å². The number of benzene rings is 2. The molecule has 0 fully saturated rings. The van der Waals surface area contributed by atoms with E-state index < -0.39 is 23.4 Å². The van der Waals surface area contributed by atoms with Gasteiger partial charge in [0.1, 0.15) is 18.2 Å². The quantitative estimate of drug-likeness (QED) is 0.352. The summed E-state index contributed by atoms with van der Waals surface area (Å²) in [6, 6.07) is 10.7. The molecule has 3 aromatic rings.